The van der Waals surface area contributed by atoms with Crippen molar-refractivity contribution in [1.82, 2.24) is 9.80 Å². The van der Waals surface area contributed by atoms with Crippen LogP contribution in [0.15, 0.2) is 24.3 Å². The van der Waals surface area contributed by atoms with Crippen molar-refractivity contribution < 1.29 is 9.53 Å². The normalized spacial score (nSPS) is 24.2. The number of amides is 1. The minimum atomic E-state index is -0.161. The second-order valence-electron chi connectivity index (χ2n) is 7.76. The maximum absolute atomic E-state index is 13.1. The van der Waals surface area contributed by atoms with Gasteiger partial charge in [-0.3, -0.25) is 9.69 Å². The van der Waals surface area contributed by atoms with Crippen LogP contribution in [0.4, 0.5) is 0 Å². The highest BCUT2D eigenvalue weighted by Crippen LogP contribution is 2.41. The molecule has 2 saturated heterocycles. The van der Waals surface area contributed by atoms with Gasteiger partial charge in [0.25, 0.3) is 0 Å². The fraction of sp³-hybridized carbons (Fsp3) is 0.571. The third kappa shape index (κ3) is 3.17. The highest BCUT2D eigenvalue weighted by Gasteiger charge is 2.48. The SMILES string of the molecule is COCCN1CCCC2(CCN(Cc3c(C)sc4ccccc34)C2)C1=O. The highest BCUT2D eigenvalue weighted by molar-refractivity contribution is 7.19. The second kappa shape index (κ2) is 7.29. The lowest BCUT2D eigenvalue weighted by Gasteiger charge is -2.39. The van der Waals surface area contributed by atoms with Gasteiger partial charge >= 0.3 is 0 Å². The topological polar surface area (TPSA) is 32.8 Å². The number of ether oxygens (including phenoxy) is 1. The molecule has 140 valence electrons. The molecule has 2 aliphatic heterocycles. The van der Waals surface area contributed by atoms with Crippen LogP contribution in [-0.2, 0) is 16.1 Å². The van der Waals surface area contributed by atoms with Gasteiger partial charge in [-0.2, -0.15) is 0 Å². The summed E-state index contributed by atoms with van der Waals surface area (Å²) in [6, 6.07) is 8.68. The zero-order valence-electron chi connectivity index (χ0n) is 15.8. The Morgan fingerprint density at radius 1 is 1.23 bits per heavy atom. The molecule has 1 aromatic carbocycles. The molecule has 4 nitrogen and oxygen atoms in total. The highest BCUT2D eigenvalue weighted by atomic mass is 32.1. The van der Waals surface area contributed by atoms with Crippen LogP contribution in [0.1, 0.15) is 29.7 Å². The molecule has 0 radical (unpaired) electrons. The van der Waals surface area contributed by atoms with Crippen LogP contribution in [0.5, 0.6) is 0 Å². The smallest absolute Gasteiger partial charge is 0.230 e. The molecule has 3 heterocycles. The predicted molar refractivity (Wildman–Crippen MR) is 107 cm³/mol. The molecular formula is C21H28N2O2S. The average molecular weight is 373 g/mol. The minimum Gasteiger partial charge on any atom is -0.383 e. The minimum absolute atomic E-state index is 0.161. The molecule has 0 bridgehead atoms. The molecule has 1 atom stereocenters. The Morgan fingerprint density at radius 2 is 2.08 bits per heavy atom. The van der Waals surface area contributed by atoms with E-state index >= 15 is 0 Å². The van der Waals surface area contributed by atoms with Crippen molar-refractivity contribution >= 4 is 27.3 Å². The number of thiophene rings is 1. The number of fused-ring (bicyclic) bond motifs is 1. The Labute approximate surface area is 159 Å². The van der Waals surface area contributed by atoms with Gasteiger partial charge in [0, 0.05) is 42.9 Å². The quantitative estimate of drug-likeness (QED) is 0.803. The molecule has 1 spiro atoms. The Hall–Kier alpha value is -1.43. The number of likely N-dealkylation sites (tertiary alicyclic amines) is 2. The fourth-order valence-electron chi connectivity index (χ4n) is 4.68. The molecule has 0 N–H and O–H groups in total. The number of hydrogen-bond donors (Lipinski definition) is 0. The lowest BCUT2D eigenvalue weighted by Crippen LogP contribution is -2.50. The molecule has 2 aromatic rings. The zero-order chi connectivity index (χ0) is 18.1. The fourth-order valence-corrected chi connectivity index (χ4v) is 5.76. The molecule has 4 rings (SSSR count). The molecule has 2 aliphatic rings. The van der Waals surface area contributed by atoms with E-state index in [9.17, 15) is 4.79 Å². The van der Waals surface area contributed by atoms with Crippen LogP contribution in [0, 0.1) is 12.3 Å². The molecule has 0 saturated carbocycles. The Kier molecular flexibility index (Phi) is 5.04. The summed E-state index contributed by atoms with van der Waals surface area (Å²) in [6.07, 6.45) is 3.15. The van der Waals surface area contributed by atoms with Crippen LogP contribution >= 0.6 is 11.3 Å². The number of benzene rings is 1. The molecule has 2 fully saturated rings. The van der Waals surface area contributed by atoms with Crippen LogP contribution in [-0.4, -0.2) is 55.6 Å². The van der Waals surface area contributed by atoms with E-state index in [1.165, 1.54) is 20.5 Å². The van der Waals surface area contributed by atoms with E-state index in [0.717, 1.165) is 52.0 Å². The van der Waals surface area contributed by atoms with Gasteiger partial charge in [0.1, 0.15) is 0 Å². The van der Waals surface area contributed by atoms with E-state index in [4.69, 9.17) is 4.74 Å². The van der Waals surface area contributed by atoms with Gasteiger partial charge in [-0.05, 0) is 49.7 Å². The van der Waals surface area contributed by atoms with Gasteiger partial charge < -0.3 is 9.64 Å². The van der Waals surface area contributed by atoms with Gasteiger partial charge in [0.2, 0.25) is 5.91 Å². The van der Waals surface area contributed by atoms with Gasteiger partial charge in [-0.15, -0.1) is 11.3 Å². The van der Waals surface area contributed by atoms with Crippen LogP contribution < -0.4 is 0 Å². The molecule has 1 amide bonds. The van der Waals surface area contributed by atoms with Crippen LogP contribution in [0.2, 0.25) is 0 Å². The van der Waals surface area contributed by atoms with Crippen LogP contribution in [0.3, 0.4) is 0 Å². The summed E-state index contributed by atoms with van der Waals surface area (Å²) < 4.78 is 6.56. The third-order valence-corrected chi connectivity index (χ3v) is 7.23. The number of rotatable bonds is 5. The predicted octanol–water partition coefficient (Wildman–Crippen LogP) is 3.67. The molecule has 26 heavy (non-hydrogen) atoms. The van der Waals surface area contributed by atoms with E-state index in [0.29, 0.717) is 12.5 Å². The Morgan fingerprint density at radius 3 is 2.92 bits per heavy atom. The molecule has 5 heteroatoms. The average Bonchev–Trinajstić information content (AvgIpc) is 3.19. The summed E-state index contributed by atoms with van der Waals surface area (Å²) >= 11 is 1.88. The zero-order valence-corrected chi connectivity index (χ0v) is 16.6. The first-order valence-corrected chi connectivity index (χ1v) is 10.4. The number of aryl methyl sites for hydroxylation is 1. The summed E-state index contributed by atoms with van der Waals surface area (Å²) in [4.78, 5) is 19.1. The Balaban J connectivity index is 1.49. The van der Waals surface area contributed by atoms with Gasteiger partial charge in [0.05, 0.1) is 12.0 Å². The van der Waals surface area contributed by atoms with E-state index in [-0.39, 0.29) is 5.41 Å². The number of carbonyl (C=O) groups is 1. The Bertz CT molecular complexity index is 802. The largest absolute Gasteiger partial charge is 0.383 e. The first-order valence-electron chi connectivity index (χ1n) is 9.61. The standard InChI is InChI=1S/C21H28N2O2S/c1-16-18(17-6-3-4-7-19(17)26-16)14-22-11-9-21(15-22)8-5-10-23(20(21)24)12-13-25-2/h3-4,6-7H,5,8-15H2,1-2H3. The maximum Gasteiger partial charge on any atom is 0.230 e. The van der Waals surface area contributed by atoms with Gasteiger partial charge in [-0.1, -0.05) is 18.2 Å². The van der Waals surface area contributed by atoms with E-state index in [1.807, 2.05) is 16.2 Å². The second-order valence-corrected chi connectivity index (χ2v) is 9.02. The third-order valence-electron chi connectivity index (χ3n) is 6.10. The van der Waals surface area contributed by atoms with Crippen LogP contribution in [0.25, 0.3) is 10.1 Å². The van der Waals surface area contributed by atoms with Crippen molar-refractivity contribution in [3.05, 3.63) is 34.7 Å². The molecule has 1 unspecified atom stereocenters. The first-order chi connectivity index (χ1) is 12.6. The van der Waals surface area contributed by atoms with Gasteiger partial charge in [-0.25, -0.2) is 0 Å². The van der Waals surface area contributed by atoms with Crippen molar-refractivity contribution in [3.8, 4) is 0 Å². The van der Waals surface area contributed by atoms with E-state index in [2.05, 4.69) is 36.1 Å². The van der Waals surface area contributed by atoms with Crippen molar-refractivity contribution in [3.63, 3.8) is 0 Å². The maximum atomic E-state index is 13.1. The van der Waals surface area contributed by atoms with E-state index < -0.39 is 0 Å². The van der Waals surface area contributed by atoms with Crippen molar-refractivity contribution in [2.45, 2.75) is 32.7 Å². The number of hydrogen-bond acceptors (Lipinski definition) is 4. The van der Waals surface area contributed by atoms with Crippen molar-refractivity contribution in [1.29, 1.82) is 0 Å². The molecular weight excluding hydrogens is 344 g/mol. The number of nitrogens with zero attached hydrogens (tertiary/aromatic N) is 2. The molecule has 1 aromatic heterocycles. The van der Waals surface area contributed by atoms with E-state index in [1.54, 1.807) is 7.11 Å². The summed E-state index contributed by atoms with van der Waals surface area (Å²) in [7, 11) is 1.70. The lowest BCUT2D eigenvalue weighted by atomic mass is 9.78. The first kappa shape index (κ1) is 18.0. The van der Waals surface area contributed by atoms with Crippen molar-refractivity contribution in [2.75, 3.05) is 39.9 Å². The lowest BCUT2D eigenvalue weighted by molar-refractivity contribution is -0.146. The summed E-state index contributed by atoms with van der Waals surface area (Å²) in [5.74, 6) is 0.357. The van der Waals surface area contributed by atoms with Gasteiger partial charge in [0.15, 0.2) is 0 Å². The summed E-state index contributed by atoms with van der Waals surface area (Å²) in [5, 5.41) is 1.38. The summed E-state index contributed by atoms with van der Waals surface area (Å²) in [5.41, 5.74) is 1.29. The van der Waals surface area contributed by atoms with Crippen molar-refractivity contribution in [2.24, 2.45) is 5.41 Å². The number of piperidine rings is 1. The monoisotopic (exact) mass is 372 g/mol. The summed E-state index contributed by atoms with van der Waals surface area (Å²) in [6.45, 7) is 7.36. The number of methoxy groups -OCH3 is 1. The molecule has 0 aliphatic carbocycles. The number of carbonyl (C=O) groups excluding carboxylic acids is 1.